The van der Waals surface area contributed by atoms with Crippen LogP contribution in [0.3, 0.4) is 0 Å². The van der Waals surface area contributed by atoms with Gasteiger partial charge in [0, 0.05) is 24.9 Å². The number of benzene rings is 1. The number of anilines is 1. The summed E-state index contributed by atoms with van der Waals surface area (Å²) in [5.74, 6) is -1.77. The summed E-state index contributed by atoms with van der Waals surface area (Å²) in [5.41, 5.74) is 0.573. The van der Waals surface area contributed by atoms with Crippen molar-refractivity contribution in [2.75, 3.05) is 31.2 Å². The lowest BCUT2D eigenvalue weighted by molar-refractivity contribution is -0.154. The van der Waals surface area contributed by atoms with Crippen molar-refractivity contribution >= 4 is 46.8 Å². The largest absolute Gasteiger partial charge is 0.466 e. The molecule has 0 saturated carbocycles. The molecule has 1 aromatic rings. The third-order valence-electron chi connectivity index (χ3n) is 7.82. The van der Waals surface area contributed by atoms with E-state index >= 15 is 0 Å². The maximum atomic E-state index is 14.5. The number of para-hydroxylation sites is 1. The fourth-order valence-corrected chi connectivity index (χ4v) is 9.01. The topological polar surface area (TPSA) is 87.2 Å². The summed E-state index contributed by atoms with van der Waals surface area (Å²) in [6.45, 7) is 8.69. The molecule has 0 aromatic heterocycles. The summed E-state index contributed by atoms with van der Waals surface area (Å²) in [6, 6.07) is 6.44. The lowest BCUT2D eigenvalue weighted by Gasteiger charge is -2.40. The van der Waals surface area contributed by atoms with E-state index in [1.54, 1.807) is 46.7 Å². The number of rotatable bonds is 11. The summed E-state index contributed by atoms with van der Waals surface area (Å²) in [5, 5.41) is 9.61. The van der Waals surface area contributed by atoms with E-state index in [2.05, 4.69) is 13.5 Å². The normalized spacial score (nSPS) is 30.4. The number of nitrogens with zero attached hydrogens (tertiary/aromatic N) is 2. The Morgan fingerprint density at radius 1 is 1.33 bits per heavy atom. The first kappa shape index (κ1) is 27.0. The van der Waals surface area contributed by atoms with Crippen molar-refractivity contribution in [1.82, 2.24) is 4.90 Å². The number of amides is 2. The first-order valence-electron chi connectivity index (χ1n) is 12.8. The number of carbonyl (C=O) groups is 3. The Labute approximate surface area is 222 Å². The number of carbonyl (C=O) groups excluding carboxylic acids is 3. The smallest absolute Gasteiger partial charge is 0.310 e. The Morgan fingerprint density at radius 3 is 2.75 bits per heavy atom. The van der Waals surface area contributed by atoms with Gasteiger partial charge in [-0.05, 0) is 50.7 Å². The minimum Gasteiger partial charge on any atom is -0.466 e. The predicted octanol–water partition coefficient (Wildman–Crippen LogP) is 3.92. The zero-order chi connectivity index (χ0) is 26.0. The van der Waals surface area contributed by atoms with Crippen LogP contribution in [0.5, 0.6) is 0 Å². The number of esters is 1. The lowest BCUT2D eigenvalue weighted by atomic mass is 9.66. The fourth-order valence-electron chi connectivity index (χ4n) is 6.37. The van der Waals surface area contributed by atoms with Gasteiger partial charge in [-0.3, -0.25) is 14.4 Å². The highest BCUT2D eigenvalue weighted by Crippen LogP contribution is 2.68. The molecule has 3 heterocycles. The standard InChI is InChI=1S/C27H35ClN2O5S/c1-4-13-29(19-12-8-7-11-18(19)28)25(33)23-27-17(3)16-20(36-27)21(26(34)35-5-2)22(27)24(32)30(23)14-9-6-10-15-31/h4,7-8,11-12,17,20-23,31H,1,5-6,9-10,13-16H2,2-3H3/t17?,20-,21+,22+,23?,27?/m1/s1. The fraction of sp³-hybridized carbons (Fsp3) is 0.593. The van der Waals surface area contributed by atoms with Gasteiger partial charge in [0.15, 0.2) is 0 Å². The minimum absolute atomic E-state index is 0.0481. The molecule has 6 atom stereocenters. The Kier molecular flexibility index (Phi) is 8.37. The molecule has 3 aliphatic rings. The zero-order valence-electron chi connectivity index (χ0n) is 20.9. The molecule has 1 aromatic carbocycles. The van der Waals surface area contributed by atoms with Gasteiger partial charge in [-0.25, -0.2) is 0 Å². The van der Waals surface area contributed by atoms with Crippen molar-refractivity contribution in [3.8, 4) is 0 Å². The first-order valence-corrected chi connectivity index (χ1v) is 14.0. The molecule has 0 aliphatic carbocycles. The molecular formula is C27H35ClN2O5S. The molecule has 1 spiro atoms. The number of unbranched alkanes of at least 4 members (excludes halogenated alkanes) is 2. The molecule has 2 bridgehead atoms. The number of fused-ring (bicyclic) bond motifs is 1. The third kappa shape index (κ3) is 4.35. The molecule has 1 N–H and O–H groups in total. The average Bonchev–Trinajstić information content (AvgIpc) is 3.44. The maximum Gasteiger partial charge on any atom is 0.310 e. The van der Waals surface area contributed by atoms with Gasteiger partial charge in [0.2, 0.25) is 5.91 Å². The van der Waals surface area contributed by atoms with Crippen LogP contribution < -0.4 is 4.90 Å². The van der Waals surface area contributed by atoms with E-state index in [1.165, 1.54) is 0 Å². The Morgan fingerprint density at radius 2 is 2.08 bits per heavy atom. The van der Waals surface area contributed by atoms with Gasteiger partial charge in [0.25, 0.3) is 5.91 Å². The summed E-state index contributed by atoms with van der Waals surface area (Å²) in [4.78, 5) is 44.9. The van der Waals surface area contributed by atoms with Gasteiger partial charge >= 0.3 is 5.97 Å². The molecule has 7 nitrogen and oxygen atoms in total. The van der Waals surface area contributed by atoms with Crippen LogP contribution in [0.25, 0.3) is 0 Å². The van der Waals surface area contributed by atoms with Crippen molar-refractivity contribution < 1.29 is 24.2 Å². The van der Waals surface area contributed by atoms with Gasteiger partial charge in [-0.2, -0.15) is 0 Å². The second-order valence-corrected chi connectivity index (χ2v) is 11.8. The Balaban J connectivity index is 1.78. The molecular weight excluding hydrogens is 500 g/mol. The van der Waals surface area contributed by atoms with Crippen molar-refractivity contribution in [2.45, 2.75) is 55.6 Å². The minimum atomic E-state index is -0.732. The van der Waals surface area contributed by atoms with E-state index in [0.29, 0.717) is 30.1 Å². The number of aliphatic hydroxyl groups is 1. The Bertz CT molecular complexity index is 1020. The molecule has 3 saturated heterocycles. The molecule has 4 rings (SSSR count). The first-order chi connectivity index (χ1) is 17.3. The lowest BCUT2D eigenvalue weighted by Crippen LogP contribution is -2.57. The van der Waals surface area contributed by atoms with Crippen molar-refractivity contribution in [3.05, 3.63) is 41.9 Å². The molecule has 36 heavy (non-hydrogen) atoms. The summed E-state index contributed by atoms with van der Waals surface area (Å²) in [6.07, 6.45) is 4.46. The van der Waals surface area contributed by atoms with Crippen LogP contribution in [0.15, 0.2) is 36.9 Å². The summed E-state index contributed by atoms with van der Waals surface area (Å²) >= 11 is 8.14. The van der Waals surface area contributed by atoms with Gasteiger partial charge < -0.3 is 19.6 Å². The van der Waals surface area contributed by atoms with Crippen LogP contribution in [0.2, 0.25) is 5.02 Å². The van der Waals surface area contributed by atoms with Crippen LogP contribution in [0.4, 0.5) is 5.69 Å². The SMILES string of the molecule is C=CCN(C(=O)C1N(CCCCCO)C(=O)[C@@H]2[C@@H](C(=O)OCC)[C@H]3CC(C)C12S3)c1ccccc1Cl. The second kappa shape index (κ2) is 11.2. The van der Waals surface area contributed by atoms with E-state index < -0.39 is 22.6 Å². The van der Waals surface area contributed by atoms with E-state index in [-0.39, 0.29) is 48.7 Å². The van der Waals surface area contributed by atoms with E-state index in [1.807, 2.05) is 12.1 Å². The monoisotopic (exact) mass is 534 g/mol. The van der Waals surface area contributed by atoms with Crippen LogP contribution in [0, 0.1) is 17.8 Å². The van der Waals surface area contributed by atoms with Crippen LogP contribution in [0.1, 0.15) is 39.5 Å². The van der Waals surface area contributed by atoms with E-state index in [4.69, 9.17) is 16.3 Å². The van der Waals surface area contributed by atoms with Crippen LogP contribution >= 0.6 is 23.4 Å². The molecule has 9 heteroatoms. The van der Waals surface area contributed by atoms with Gasteiger partial charge in [-0.1, -0.05) is 36.7 Å². The molecule has 2 amide bonds. The molecule has 3 aliphatic heterocycles. The quantitative estimate of drug-likeness (QED) is 0.263. The van der Waals surface area contributed by atoms with Gasteiger partial charge in [0.1, 0.15) is 6.04 Å². The summed E-state index contributed by atoms with van der Waals surface area (Å²) < 4.78 is 4.69. The average molecular weight is 535 g/mol. The highest BCUT2D eigenvalue weighted by Gasteiger charge is 2.76. The molecule has 0 radical (unpaired) electrons. The number of halogens is 1. The van der Waals surface area contributed by atoms with Crippen LogP contribution in [-0.2, 0) is 19.1 Å². The molecule has 196 valence electrons. The van der Waals surface area contributed by atoms with E-state index in [0.717, 1.165) is 12.8 Å². The number of hydrogen-bond donors (Lipinski definition) is 1. The van der Waals surface area contributed by atoms with E-state index in [9.17, 15) is 19.5 Å². The van der Waals surface area contributed by atoms with Crippen molar-refractivity contribution in [2.24, 2.45) is 17.8 Å². The molecule has 3 fully saturated rings. The second-order valence-electron chi connectivity index (χ2n) is 9.81. The predicted molar refractivity (Wildman–Crippen MR) is 142 cm³/mol. The summed E-state index contributed by atoms with van der Waals surface area (Å²) in [7, 11) is 0. The highest BCUT2D eigenvalue weighted by atomic mass is 35.5. The Hall–Kier alpha value is -2.03. The van der Waals surface area contributed by atoms with Gasteiger partial charge in [-0.15, -0.1) is 18.3 Å². The zero-order valence-corrected chi connectivity index (χ0v) is 22.5. The number of ether oxygens (including phenoxy) is 1. The van der Waals surface area contributed by atoms with Crippen molar-refractivity contribution in [3.63, 3.8) is 0 Å². The number of likely N-dealkylation sites (tertiary alicyclic amines) is 1. The van der Waals surface area contributed by atoms with Crippen molar-refractivity contribution in [1.29, 1.82) is 0 Å². The third-order valence-corrected chi connectivity index (χ3v) is 10.2. The number of thioether (sulfide) groups is 1. The van der Waals surface area contributed by atoms with Crippen LogP contribution in [-0.4, -0.2) is 70.1 Å². The molecule has 3 unspecified atom stereocenters. The number of hydrogen-bond acceptors (Lipinski definition) is 6. The maximum absolute atomic E-state index is 14.5. The van der Waals surface area contributed by atoms with Gasteiger partial charge in [0.05, 0.1) is 33.9 Å². The highest BCUT2D eigenvalue weighted by molar-refractivity contribution is 8.02. The number of aliphatic hydroxyl groups excluding tert-OH is 1.